The average Bonchev–Trinajstić information content (AvgIpc) is 3.61. The van der Waals surface area contributed by atoms with Crippen LogP contribution in [0.4, 0.5) is 4.39 Å². The van der Waals surface area contributed by atoms with Crippen LogP contribution in [0.3, 0.4) is 0 Å². The number of likely N-dealkylation sites (tertiary alicyclic amines) is 1. The quantitative estimate of drug-likeness (QED) is 0.118. The summed E-state index contributed by atoms with van der Waals surface area (Å²) in [6, 6.07) is 13.3. The number of aromatic nitrogens is 2. The zero-order valence-electron chi connectivity index (χ0n) is 27.4. The van der Waals surface area contributed by atoms with Gasteiger partial charge >= 0.3 is 5.97 Å². The molecule has 3 aliphatic rings. The highest BCUT2D eigenvalue weighted by Crippen LogP contribution is 2.50. The molecule has 3 N–H and O–H groups in total. The number of carboxylic acid groups (broad SMARTS) is 1. The van der Waals surface area contributed by atoms with Crippen molar-refractivity contribution in [3.63, 3.8) is 0 Å². The Hall–Kier alpha value is -3.21. The predicted molar refractivity (Wildman–Crippen MR) is 191 cm³/mol. The highest BCUT2D eigenvalue weighted by molar-refractivity contribution is 14.1. The van der Waals surface area contributed by atoms with E-state index in [1.165, 1.54) is 12.1 Å². The first-order valence-electron chi connectivity index (χ1n) is 16.6. The number of piperidine rings is 1. The third kappa shape index (κ3) is 6.87. The number of hydrogen-bond donors (Lipinski definition) is 3. The molecular weight excluding hydrogens is 784 g/mol. The average molecular weight is 822 g/mol. The van der Waals surface area contributed by atoms with E-state index in [0.29, 0.717) is 47.3 Å². The summed E-state index contributed by atoms with van der Waals surface area (Å²) >= 11 is 7.94. The molecule has 0 radical (unpaired) electrons. The maximum absolute atomic E-state index is 14.9. The Labute approximate surface area is 307 Å². The van der Waals surface area contributed by atoms with Crippen molar-refractivity contribution in [1.29, 1.82) is 0 Å². The molecule has 0 unspecified atom stereocenters. The minimum atomic E-state index is -1.32. The molecule has 7 rings (SSSR count). The summed E-state index contributed by atoms with van der Waals surface area (Å²) < 4.78 is 40.4. The summed E-state index contributed by atoms with van der Waals surface area (Å²) in [6.07, 6.45) is 2.58. The molecular formula is C36H38ClFIN3O8. The molecule has 4 aromatic rings. The number of hydrogen-bond acceptors (Lipinski definition) is 9. The number of fused-ring (bicyclic) bond motifs is 2. The van der Waals surface area contributed by atoms with E-state index in [1.807, 2.05) is 45.4 Å². The number of carboxylic acids is 1. The number of imidazole rings is 1. The molecule has 3 aromatic carbocycles. The van der Waals surface area contributed by atoms with Crippen LogP contribution in [-0.2, 0) is 23.6 Å². The lowest BCUT2D eigenvalue weighted by Gasteiger charge is -2.33. The normalized spacial score (nSPS) is 21.0. The van der Waals surface area contributed by atoms with Gasteiger partial charge in [-0.3, -0.25) is 4.90 Å². The number of alkyl halides is 1. The van der Waals surface area contributed by atoms with Gasteiger partial charge in [0.25, 0.3) is 5.79 Å². The van der Waals surface area contributed by atoms with Gasteiger partial charge in [0.2, 0.25) is 0 Å². The van der Waals surface area contributed by atoms with Crippen molar-refractivity contribution in [2.45, 2.75) is 60.5 Å². The number of aromatic carboxylic acids is 1. The van der Waals surface area contributed by atoms with Crippen LogP contribution in [0.2, 0.25) is 5.02 Å². The fourth-order valence-corrected chi connectivity index (χ4v) is 7.13. The minimum absolute atomic E-state index is 0.00469. The van der Waals surface area contributed by atoms with E-state index in [2.05, 4.69) is 4.90 Å². The van der Waals surface area contributed by atoms with Gasteiger partial charge in [0.1, 0.15) is 32.9 Å². The Kier molecular flexibility index (Phi) is 9.91. The van der Waals surface area contributed by atoms with Gasteiger partial charge in [-0.2, -0.15) is 0 Å². The zero-order valence-corrected chi connectivity index (χ0v) is 30.3. The van der Waals surface area contributed by atoms with Crippen LogP contribution in [0.15, 0.2) is 48.5 Å². The number of ether oxygens (including phenoxy) is 4. The van der Waals surface area contributed by atoms with Gasteiger partial charge in [0.15, 0.2) is 11.5 Å². The van der Waals surface area contributed by atoms with Crippen molar-refractivity contribution in [2.24, 2.45) is 0 Å². The fraction of sp³-hybridized carbons (Fsp3) is 0.444. The SMILES string of the molecule is C[C@]1(c2ccc(Cl)cc2F)Oc2cccc(C3CCN(Cc4nc5c(OCC(I)(CO)CO)cc(C(=O)O)cc5n4C[C@@H]4CCO4)CC3)c2O1. The van der Waals surface area contributed by atoms with Gasteiger partial charge in [-0.25, -0.2) is 14.2 Å². The van der Waals surface area contributed by atoms with Crippen LogP contribution in [0.1, 0.15) is 59.4 Å². The third-order valence-electron chi connectivity index (χ3n) is 9.80. The highest BCUT2D eigenvalue weighted by atomic mass is 127. The van der Waals surface area contributed by atoms with Gasteiger partial charge in [0.05, 0.1) is 49.1 Å². The Morgan fingerprint density at radius 2 is 1.90 bits per heavy atom. The van der Waals surface area contributed by atoms with Crippen LogP contribution in [0.5, 0.6) is 17.2 Å². The minimum Gasteiger partial charge on any atom is -0.490 e. The Bertz CT molecular complexity index is 1910. The smallest absolute Gasteiger partial charge is 0.335 e. The first-order chi connectivity index (χ1) is 24.0. The first-order valence-corrected chi connectivity index (χ1v) is 18.0. The molecule has 1 aromatic heterocycles. The van der Waals surface area contributed by atoms with Crippen molar-refractivity contribution >= 4 is 51.2 Å². The molecule has 0 saturated carbocycles. The Balaban J connectivity index is 1.11. The largest absolute Gasteiger partial charge is 0.490 e. The summed E-state index contributed by atoms with van der Waals surface area (Å²) in [7, 11) is 0. The molecule has 2 atom stereocenters. The molecule has 0 bridgehead atoms. The van der Waals surface area contributed by atoms with Crippen molar-refractivity contribution in [3.05, 3.63) is 81.9 Å². The van der Waals surface area contributed by atoms with E-state index in [4.69, 9.17) is 35.5 Å². The van der Waals surface area contributed by atoms with E-state index in [-0.39, 0.29) is 48.7 Å². The zero-order chi connectivity index (χ0) is 35.2. The maximum atomic E-state index is 14.9. The lowest BCUT2D eigenvalue weighted by atomic mass is 9.88. The second-order valence-electron chi connectivity index (χ2n) is 13.3. The van der Waals surface area contributed by atoms with Crippen molar-refractivity contribution in [1.82, 2.24) is 14.5 Å². The van der Waals surface area contributed by atoms with Gasteiger partial charge in [-0.15, -0.1) is 0 Å². The van der Waals surface area contributed by atoms with Gasteiger partial charge in [-0.1, -0.05) is 46.3 Å². The predicted octanol–water partition coefficient (Wildman–Crippen LogP) is 5.88. The number of benzene rings is 3. The lowest BCUT2D eigenvalue weighted by Crippen LogP contribution is -2.37. The van der Waals surface area contributed by atoms with Crippen LogP contribution in [-0.4, -0.2) is 84.8 Å². The van der Waals surface area contributed by atoms with E-state index < -0.39 is 21.0 Å². The molecule has 4 heterocycles. The maximum Gasteiger partial charge on any atom is 0.335 e. The van der Waals surface area contributed by atoms with Crippen molar-refractivity contribution in [2.75, 3.05) is 39.5 Å². The number of para-hydroxylation sites is 1. The van der Waals surface area contributed by atoms with Gasteiger partial charge in [-0.05, 0) is 74.7 Å². The standard InChI is InChI=1S/C36H38ClFIN3O8/c1-35(26-6-5-23(37)15-27(26)38)49-29-4-2-3-25(33(29)50-35)21-7-10-41(11-8-21)17-31-40-32-28(42(31)16-24-9-12-47-24)13-22(34(45)46)14-30(32)48-20-36(39,18-43)19-44/h2-6,13-15,21,24,43-44H,7-12,16-20H2,1H3,(H,45,46)/t24-,35-/m0/s1. The number of aliphatic hydroxyl groups excluding tert-OH is 2. The van der Waals surface area contributed by atoms with Crippen LogP contribution >= 0.6 is 34.2 Å². The van der Waals surface area contributed by atoms with Crippen LogP contribution in [0, 0.1) is 5.82 Å². The van der Waals surface area contributed by atoms with Gasteiger partial charge < -0.3 is 38.8 Å². The number of rotatable bonds is 12. The Morgan fingerprint density at radius 3 is 2.56 bits per heavy atom. The van der Waals surface area contributed by atoms with Crippen LogP contribution in [0.25, 0.3) is 11.0 Å². The Morgan fingerprint density at radius 1 is 1.14 bits per heavy atom. The monoisotopic (exact) mass is 821 g/mol. The second kappa shape index (κ2) is 14.1. The molecule has 0 spiro atoms. The summed E-state index contributed by atoms with van der Waals surface area (Å²) in [5.74, 6) is -0.480. The van der Waals surface area contributed by atoms with E-state index in [9.17, 15) is 24.5 Å². The number of aliphatic hydroxyl groups is 2. The highest BCUT2D eigenvalue weighted by Gasteiger charge is 2.43. The summed E-state index contributed by atoms with van der Waals surface area (Å²) in [4.78, 5) is 19.5. The molecule has 0 aliphatic carbocycles. The third-order valence-corrected chi connectivity index (χ3v) is 11.0. The molecule has 50 heavy (non-hydrogen) atoms. The molecule has 11 nitrogen and oxygen atoms in total. The first kappa shape index (κ1) is 35.2. The number of nitrogens with zero attached hydrogens (tertiary/aromatic N) is 3. The summed E-state index contributed by atoms with van der Waals surface area (Å²) in [5.41, 5.74) is 2.50. The molecule has 2 saturated heterocycles. The summed E-state index contributed by atoms with van der Waals surface area (Å²) in [5, 5.41) is 29.8. The van der Waals surface area contributed by atoms with Crippen LogP contribution < -0.4 is 14.2 Å². The van der Waals surface area contributed by atoms with E-state index >= 15 is 0 Å². The molecule has 14 heteroatoms. The second-order valence-corrected chi connectivity index (χ2v) is 16.0. The fourth-order valence-electron chi connectivity index (χ4n) is 6.82. The lowest BCUT2D eigenvalue weighted by molar-refractivity contribution is -0.0712. The summed E-state index contributed by atoms with van der Waals surface area (Å²) in [6.45, 7) is 4.32. The topological polar surface area (TPSA) is 136 Å². The van der Waals surface area contributed by atoms with E-state index in [0.717, 1.165) is 43.7 Å². The molecule has 0 amide bonds. The van der Waals surface area contributed by atoms with Crippen molar-refractivity contribution < 1.29 is 43.5 Å². The van der Waals surface area contributed by atoms with Crippen molar-refractivity contribution in [3.8, 4) is 17.2 Å². The molecule has 3 aliphatic heterocycles. The van der Waals surface area contributed by atoms with Gasteiger partial charge in [0, 0.05) is 24.1 Å². The molecule has 266 valence electrons. The molecule has 2 fully saturated rings. The van der Waals surface area contributed by atoms with E-state index in [1.54, 1.807) is 25.1 Å². The number of halogens is 3. The number of carbonyl (C=O) groups is 1.